The van der Waals surface area contributed by atoms with E-state index in [1.165, 1.54) is 0 Å². The van der Waals surface area contributed by atoms with Crippen LogP contribution in [0.4, 0.5) is 0 Å². The lowest BCUT2D eigenvalue weighted by Gasteiger charge is -2.42. The van der Waals surface area contributed by atoms with Gasteiger partial charge < -0.3 is 19.1 Å². The van der Waals surface area contributed by atoms with Crippen molar-refractivity contribution < 1.29 is 19.0 Å². The highest BCUT2D eigenvalue weighted by molar-refractivity contribution is 5.77. The van der Waals surface area contributed by atoms with Gasteiger partial charge in [0, 0.05) is 45.8 Å². The normalized spacial score (nSPS) is 22.4. The van der Waals surface area contributed by atoms with Crippen LogP contribution >= 0.6 is 0 Å². The maximum atomic E-state index is 12.0. The summed E-state index contributed by atoms with van der Waals surface area (Å²) >= 11 is 0. The van der Waals surface area contributed by atoms with E-state index in [2.05, 4.69) is 4.98 Å². The summed E-state index contributed by atoms with van der Waals surface area (Å²) in [4.78, 5) is 18.0. The van der Waals surface area contributed by atoms with Gasteiger partial charge in [-0.3, -0.25) is 9.78 Å². The van der Waals surface area contributed by atoms with Crippen molar-refractivity contribution in [1.29, 1.82) is 0 Å². The molecule has 1 aromatic heterocycles. The third kappa shape index (κ3) is 4.57. The summed E-state index contributed by atoms with van der Waals surface area (Å²) in [6, 6.07) is 3.96. The number of aromatic nitrogens is 1. The Morgan fingerprint density at radius 1 is 1.44 bits per heavy atom. The van der Waals surface area contributed by atoms with Crippen molar-refractivity contribution in [3.05, 3.63) is 30.1 Å². The molecule has 1 atom stereocenters. The number of likely N-dealkylation sites (tertiary alicyclic amines) is 1. The number of nitrogens with zero attached hydrogens (tertiary/aromatic N) is 2. The first kappa shape index (κ1) is 18.3. The number of ether oxygens (including phenoxy) is 3. The number of piperidine rings is 1. The number of carbonyl (C=O) groups excluding carboxylic acids is 1. The molecule has 2 saturated heterocycles. The molecule has 6 heteroatoms. The molecule has 0 N–H and O–H groups in total. The average Bonchev–Trinajstić information content (AvgIpc) is 3.02. The van der Waals surface area contributed by atoms with Crippen LogP contribution in [-0.2, 0) is 25.6 Å². The Bertz CT molecular complexity index is 544. The Balaban J connectivity index is 1.44. The summed E-state index contributed by atoms with van der Waals surface area (Å²) in [7, 11) is 1.56. The lowest BCUT2D eigenvalue weighted by molar-refractivity contribution is -0.141. The second-order valence-corrected chi connectivity index (χ2v) is 6.92. The van der Waals surface area contributed by atoms with Crippen LogP contribution in [-0.4, -0.2) is 61.4 Å². The first-order chi connectivity index (χ1) is 12.2. The molecule has 6 nitrogen and oxygen atoms in total. The number of carbonyl (C=O) groups is 1. The van der Waals surface area contributed by atoms with Crippen molar-refractivity contribution in [1.82, 2.24) is 9.88 Å². The molecule has 1 aromatic rings. The molecular weight excluding hydrogens is 320 g/mol. The molecule has 25 heavy (non-hydrogen) atoms. The zero-order chi connectivity index (χ0) is 17.5. The van der Waals surface area contributed by atoms with Crippen LogP contribution in [0.3, 0.4) is 0 Å². The molecule has 1 spiro atoms. The van der Waals surface area contributed by atoms with Crippen LogP contribution < -0.4 is 0 Å². The first-order valence-electron chi connectivity index (χ1n) is 9.11. The molecule has 138 valence electrons. The average molecular weight is 348 g/mol. The Kier molecular flexibility index (Phi) is 6.39. The fourth-order valence-corrected chi connectivity index (χ4v) is 3.99. The second kappa shape index (κ2) is 8.74. The Morgan fingerprint density at radius 2 is 2.28 bits per heavy atom. The topological polar surface area (TPSA) is 60.9 Å². The molecule has 0 aliphatic carbocycles. The molecule has 3 rings (SSSR count). The smallest absolute Gasteiger partial charge is 0.248 e. The molecule has 2 aliphatic heterocycles. The monoisotopic (exact) mass is 348 g/mol. The van der Waals surface area contributed by atoms with Gasteiger partial charge in [0.15, 0.2) is 0 Å². The van der Waals surface area contributed by atoms with Gasteiger partial charge in [0.05, 0.1) is 12.2 Å². The molecule has 2 aliphatic rings. The minimum atomic E-state index is -0.0679. The number of hydrogen-bond donors (Lipinski definition) is 0. The maximum Gasteiger partial charge on any atom is 0.248 e. The van der Waals surface area contributed by atoms with Gasteiger partial charge in [0.2, 0.25) is 5.91 Å². The maximum absolute atomic E-state index is 12.0. The molecular formula is C19H28N2O4. The van der Waals surface area contributed by atoms with Crippen LogP contribution in [0.15, 0.2) is 24.5 Å². The Morgan fingerprint density at radius 3 is 3.00 bits per heavy atom. The summed E-state index contributed by atoms with van der Waals surface area (Å²) in [6.45, 7) is 3.84. The van der Waals surface area contributed by atoms with E-state index in [-0.39, 0.29) is 18.1 Å². The standard InChI is InChI=1S/C19H28N2O4/c1-23-15-18(22)21-9-6-19(7-10-21)17(5-12-25-19)4-11-24-14-16-3-2-8-20-13-16/h2-3,8,13,17H,4-7,9-12,14-15H2,1H3. The molecule has 2 fully saturated rings. The van der Waals surface area contributed by atoms with E-state index in [1.807, 2.05) is 23.2 Å². The van der Waals surface area contributed by atoms with E-state index in [0.717, 1.165) is 57.6 Å². The third-order valence-electron chi connectivity index (χ3n) is 5.43. The van der Waals surface area contributed by atoms with Crippen molar-refractivity contribution in [2.45, 2.75) is 37.9 Å². The highest BCUT2D eigenvalue weighted by atomic mass is 16.5. The predicted molar refractivity (Wildman–Crippen MR) is 93.0 cm³/mol. The molecule has 0 radical (unpaired) electrons. The largest absolute Gasteiger partial charge is 0.377 e. The van der Waals surface area contributed by atoms with E-state index in [1.54, 1.807) is 13.3 Å². The van der Waals surface area contributed by atoms with Crippen LogP contribution in [0.25, 0.3) is 0 Å². The van der Waals surface area contributed by atoms with Gasteiger partial charge >= 0.3 is 0 Å². The zero-order valence-electron chi connectivity index (χ0n) is 15.0. The lowest BCUT2D eigenvalue weighted by Crippen LogP contribution is -2.50. The first-order valence-corrected chi connectivity index (χ1v) is 9.11. The summed E-state index contributed by atoms with van der Waals surface area (Å²) in [5.74, 6) is 0.591. The summed E-state index contributed by atoms with van der Waals surface area (Å²) in [5.41, 5.74) is 1.03. The van der Waals surface area contributed by atoms with Gasteiger partial charge in [-0.2, -0.15) is 0 Å². The molecule has 0 aromatic carbocycles. The van der Waals surface area contributed by atoms with Gasteiger partial charge in [-0.25, -0.2) is 0 Å². The fourth-order valence-electron chi connectivity index (χ4n) is 3.99. The summed E-state index contributed by atoms with van der Waals surface area (Å²) in [5, 5.41) is 0. The Labute approximate surface area is 149 Å². The number of hydrogen-bond acceptors (Lipinski definition) is 5. The summed E-state index contributed by atoms with van der Waals surface area (Å²) in [6.07, 6.45) is 7.53. The van der Waals surface area contributed by atoms with E-state index < -0.39 is 0 Å². The van der Waals surface area contributed by atoms with Crippen LogP contribution in [0, 0.1) is 5.92 Å². The molecule has 1 unspecified atom stereocenters. The van der Waals surface area contributed by atoms with Gasteiger partial charge in [-0.15, -0.1) is 0 Å². The van der Waals surface area contributed by atoms with Gasteiger partial charge in [-0.05, 0) is 43.2 Å². The minimum Gasteiger partial charge on any atom is -0.377 e. The van der Waals surface area contributed by atoms with Crippen LogP contribution in [0.2, 0.25) is 0 Å². The minimum absolute atomic E-state index is 0.0679. The highest BCUT2D eigenvalue weighted by Gasteiger charge is 2.46. The highest BCUT2D eigenvalue weighted by Crippen LogP contribution is 2.42. The number of amides is 1. The number of pyridine rings is 1. The van der Waals surface area contributed by atoms with Gasteiger partial charge in [0.25, 0.3) is 0 Å². The summed E-state index contributed by atoms with van der Waals surface area (Å²) < 4.78 is 16.9. The number of rotatable bonds is 7. The Hall–Kier alpha value is -1.50. The van der Waals surface area contributed by atoms with Crippen molar-refractivity contribution in [2.75, 3.05) is 40.0 Å². The van der Waals surface area contributed by atoms with Crippen molar-refractivity contribution in [3.8, 4) is 0 Å². The molecule has 0 bridgehead atoms. The molecule has 1 amide bonds. The molecule has 0 saturated carbocycles. The van der Waals surface area contributed by atoms with E-state index >= 15 is 0 Å². The number of methoxy groups -OCH3 is 1. The van der Waals surface area contributed by atoms with Crippen LogP contribution in [0.1, 0.15) is 31.2 Å². The van der Waals surface area contributed by atoms with Crippen molar-refractivity contribution in [2.24, 2.45) is 5.92 Å². The zero-order valence-corrected chi connectivity index (χ0v) is 15.0. The second-order valence-electron chi connectivity index (χ2n) is 6.92. The molecule has 3 heterocycles. The van der Waals surface area contributed by atoms with Gasteiger partial charge in [-0.1, -0.05) is 6.07 Å². The lowest BCUT2D eigenvalue weighted by atomic mass is 9.78. The van der Waals surface area contributed by atoms with Crippen molar-refractivity contribution in [3.63, 3.8) is 0 Å². The van der Waals surface area contributed by atoms with E-state index in [4.69, 9.17) is 14.2 Å². The SMILES string of the molecule is COCC(=O)N1CCC2(CC1)OCCC2CCOCc1cccnc1. The fraction of sp³-hybridized carbons (Fsp3) is 0.684. The quantitative estimate of drug-likeness (QED) is 0.706. The third-order valence-corrected chi connectivity index (χ3v) is 5.43. The van der Waals surface area contributed by atoms with Gasteiger partial charge in [0.1, 0.15) is 6.61 Å². The van der Waals surface area contributed by atoms with Crippen LogP contribution in [0.5, 0.6) is 0 Å². The van der Waals surface area contributed by atoms with Crippen molar-refractivity contribution >= 4 is 5.91 Å². The van der Waals surface area contributed by atoms with E-state index in [9.17, 15) is 4.79 Å². The van der Waals surface area contributed by atoms with E-state index in [0.29, 0.717) is 12.5 Å². The predicted octanol–water partition coefficient (Wildman–Crippen LogP) is 2.03.